The van der Waals surface area contributed by atoms with Crippen LogP contribution in [-0.4, -0.2) is 17.2 Å². The van der Waals surface area contributed by atoms with Crippen LogP contribution in [0.5, 0.6) is 0 Å². The predicted molar refractivity (Wildman–Crippen MR) is 56.0 cm³/mol. The average Bonchev–Trinajstić information content (AvgIpc) is 2.67. The third-order valence-electron chi connectivity index (χ3n) is 2.18. The van der Waals surface area contributed by atoms with Crippen molar-refractivity contribution in [3.05, 3.63) is 35.7 Å². The molecule has 0 spiro atoms. The van der Waals surface area contributed by atoms with Gasteiger partial charge in [0.15, 0.2) is 0 Å². The maximum Gasteiger partial charge on any atom is 0.223 e. The number of quaternary nitrogens is 1. The Bertz CT molecular complexity index is 433. The minimum atomic E-state index is 0.593. The van der Waals surface area contributed by atoms with E-state index in [-0.39, 0.29) is 0 Å². The molecule has 0 aliphatic heterocycles. The zero-order valence-electron chi connectivity index (χ0n) is 8.90. The van der Waals surface area contributed by atoms with E-state index in [1.54, 1.807) is 6.92 Å². The van der Waals surface area contributed by atoms with Gasteiger partial charge in [-0.1, -0.05) is 29.4 Å². The molecule has 78 valence electrons. The molecule has 0 amide bonds. The topological polar surface area (TPSA) is 55.5 Å². The van der Waals surface area contributed by atoms with Gasteiger partial charge < -0.3 is 9.84 Å². The Labute approximate surface area is 88.3 Å². The normalized spacial score (nSPS) is 10.5. The summed E-state index contributed by atoms with van der Waals surface area (Å²) in [5, 5.41) is 6.00. The Balaban J connectivity index is 2.23. The first-order valence-corrected chi connectivity index (χ1v) is 4.97. The van der Waals surface area contributed by atoms with Crippen LogP contribution in [0, 0.1) is 6.92 Å². The third-order valence-corrected chi connectivity index (χ3v) is 2.18. The first-order chi connectivity index (χ1) is 7.29. The molecule has 0 unspecified atom stereocenters. The quantitative estimate of drug-likeness (QED) is 0.802. The second kappa shape index (κ2) is 4.23. The summed E-state index contributed by atoms with van der Waals surface area (Å²) in [6, 6.07) is 8.20. The molecule has 2 aromatic rings. The molecular weight excluding hydrogens is 190 g/mol. The Morgan fingerprint density at radius 1 is 1.27 bits per heavy atom. The van der Waals surface area contributed by atoms with Crippen LogP contribution >= 0.6 is 0 Å². The van der Waals surface area contributed by atoms with Crippen molar-refractivity contribution in [3.63, 3.8) is 0 Å². The van der Waals surface area contributed by atoms with Gasteiger partial charge in [-0.3, -0.25) is 0 Å². The van der Waals surface area contributed by atoms with Crippen molar-refractivity contribution in [2.75, 3.05) is 7.05 Å². The predicted octanol–water partition coefficient (Wildman–Crippen LogP) is 0.738. The van der Waals surface area contributed by atoms with E-state index in [0.29, 0.717) is 11.7 Å². The maximum absolute atomic E-state index is 4.93. The summed E-state index contributed by atoms with van der Waals surface area (Å²) in [4.78, 5) is 4.17. The molecule has 15 heavy (non-hydrogen) atoms. The van der Waals surface area contributed by atoms with Gasteiger partial charge in [-0.25, -0.2) is 0 Å². The molecule has 2 N–H and O–H groups in total. The largest absolute Gasteiger partial charge is 0.345 e. The standard InChI is InChI=1S/C11H13N3O/c1-8-13-11(14-15-8)10-5-3-9(4-6-10)7-12-2/h3-6,12H,7H2,1-2H3/p+1. The Morgan fingerprint density at radius 2 is 2.00 bits per heavy atom. The minimum absolute atomic E-state index is 0.593. The molecule has 4 heteroatoms. The summed E-state index contributed by atoms with van der Waals surface area (Å²) < 4.78 is 4.93. The van der Waals surface area contributed by atoms with Crippen molar-refractivity contribution < 1.29 is 9.84 Å². The fourth-order valence-corrected chi connectivity index (χ4v) is 1.44. The molecule has 1 heterocycles. The number of rotatable bonds is 3. The molecule has 1 aromatic heterocycles. The van der Waals surface area contributed by atoms with E-state index in [2.05, 4.69) is 34.6 Å². The summed E-state index contributed by atoms with van der Waals surface area (Å²) in [7, 11) is 2.05. The van der Waals surface area contributed by atoms with Crippen LogP contribution in [0.25, 0.3) is 11.4 Å². The molecule has 0 aliphatic rings. The molecule has 0 radical (unpaired) electrons. The number of aromatic nitrogens is 2. The van der Waals surface area contributed by atoms with Gasteiger partial charge in [-0.05, 0) is 0 Å². The number of aryl methyl sites for hydroxylation is 1. The highest BCUT2D eigenvalue weighted by Gasteiger charge is 2.04. The van der Waals surface area contributed by atoms with E-state index in [0.717, 1.165) is 12.1 Å². The lowest BCUT2D eigenvalue weighted by Gasteiger charge is -1.98. The summed E-state index contributed by atoms with van der Waals surface area (Å²) >= 11 is 0. The molecule has 0 aliphatic carbocycles. The van der Waals surface area contributed by atoms with Crippen molar-refractivity contribution in [1.82, 2.24) is 10.1 Å². The molecule has 2 rings (SSSR count). The highest BCUT2D eigenvalue weighted by molar-refractivity contribution is 5.54. The third kappa shape index (κ3) is 2.22. The van der Waals surface area contributed by atoms with E-state index in [4.69, 9.17) is 4.52 Å². The lowest BCUT2D eigenvalue weighted by molar-refractivity contribution is -0.643. The summed E-state index contributed by atoms with van der Waals surface area (Å²) in [6.07, 6.45) is 0. The van der Waals surface area contributed by atoms with Gasteiger partial charge in [0, 0.05) is 18.1 Å². The highest BCUT2D eigenvalue weighted by Crippen LogP contribution is 2.15. The molecule has 0 fully saturated rings. The van der Waals surface area contributed by atoms with Crippen LogP contribution in [-0.2, 0) is 6.54 Å². The SMILES string of the molecule is C[NH2+]Cc1ccc(-c2noc(C)n2)cc1. The van der Waals surface area contributed by atoms with E-state index in [1.165, 1.54) is 5.56 Å². The molecule has 0 bridgehead atoms. The first kappa shape index (κ1) is 9.86. The Hall–Kier alpha value is -1.68. The number of hydrogen-bond donors (Lipinski definition) is 1. The van der Waals surface area contributed by atoms with Gasteiger partial charge in [0.25, 0.3) is 0 Å². The van der Waals surface area contributed by atoms with E-state index < -0.39 is 0 Å². The summed E-state index contributed by atoms with van der Waals surface area (Å²) in [5.74, 6) is 1.25. The first-order valence-electron chi connectivity index (χ1n) is 4.97. The van der Waals surface area contributed by atoms with Crippen LogP contribution in [0.3, 0.4) is 0 Å². The summed E-state index contributed by atoms with van der Waals surface area (Å²) in [6.45, 7) is 2.78. The summed E-state index contributed by atoms with van der Waals surface area (Å²) in [5.41, 5.74) is 2.29. The van der Waals surface area contributed by atoms with Crippen molar-refractivity contribution in [2.24, 2.45) is 0 Å². The Morgan fingerprint density at radius 3 is 2.53 bits per heavy atom. The van der Waals surface area contributed by atoms with Gasteiger partial charge in [-0.2, -0.15) is 4.98 Å². The van der Waals surface area contributed by atoms with Crippen molar-refractivity contribution in [3.8, 4) is 11.4 Å². The number of nitrogens with two attached hydrogens (primary N) is 1. The minimum Gasteiger partial charge on any atom is -0.345 e. The van der Waals surface area contributed by atoms with E-state index in [9.17, 15) is 0 Å². The van der Waals surface area contributed by atoms with Crippen LogP contribution in [0.15, 0.2) is 28.8 Å². The molecular formula is C11H14N3O+. The fourth-order valence-electron chi connectivity index (χ4n) is 1.44. The number of benzene rings is 1. The van der Waals surface area contributed by atoms with Crippen LogP contribution in [0.4, 0.5) is 0 Å². The van der Waals surface area contributed by atoms with Crippen LogP contribution in [0.2, 0.25) is 0 Å². The average molecular weight is 204 g/mol. The molecule has 0 saturated carbocycles. The van der Waals surface area contributed by atoms with Crippen molar-refractivity contribution in [1.29, 1.82) is 0 Å². The Kier molecular flexibility index (Phi) is 2.78. The second-order valence-corrected chi connectivity index (χ2v) is 3.45. The van der Waals surface area contributed by atoms with Gasteiger partial charge in [-0.15, -0.1) is 0 Å². The molecule has 0 atom stereocenters. The van der Waals surface area contributed by atoms with Crippen LogP contribution < -0.4 is 5.32 Å². The zero-order chi connectivity index (χ0) is 10.7. The van der Waals surface area contributed by atoms with Crippen molar-refractivity contribution in [2.45, 2.75) is 13.5 Å². The van der Waals surface area contributed by atoms with Gasteiger partial charge >= 0.3 is 0 Å². The van der Waals surface area contributed by atoms with E-state index in [1.807, 2.05) is 12.1 Å². The van der Waals surface area contributed by atoms with Crippen LogP contribution in [0.1, 0.15) is 11.5 Å². The molecule has 1 aromatic carbocycles. The highest BCUT2D eigenvalue weighted by atomic mass is 16.5. The number of nitrogens with zero attached hydrogens (tertiary/aromatic N) is 2. The monoisotopic (exact) mass is 204 g/mol. The molecule has 0 saturated heterocycles. The molecule has 4 nitrogen and oxygen atoms in total. The lowest BCUT2D eigenvalue weighted by atomic mass is 10.1. The number of hydrogen-bond acceptors (Lipinski definition) is 3. The van der Waals surface area contributed by atoms with Gasteiger partial charge in [0.2, 0.25) is 11.7 Å². The smallest absolute Gasteiger partial charge is 0.223 e. The van der Waals surface area contributed by atoms with E-state index >= 15 is 0 Å². The zero-order valence-corrected chi connectivity index (χ0v) is 8.90. The van der Waals surface area contributed by atoms with Crippen molar-refractivity contribution >= 4 is 0 Å². The second-order valence-electron chi connectivity index (χ2n) is 3.45. The van der Waals surface area contributed by atoms with Gasteiger partial charge in [0.05, 0.1) is 7.05 Å². The lowest BCUT2D eigenvalue weighted by Crippen LogP contribution is -2.77. The van der Waals surface area contributed by atoms with Gasteiger partial charge in [0.1, 0.15) is 6.54 Å². The maximum atomic E-state index is 4.93. The fraction of sp³-hybridized carbons (Fsp3) is 0.273.